The normalized spacial score (nSPS) is 14.8. The van der Waals surface area contributed by atoms with Crippen LogP contribution in [0.3, 0.4) is 0 Å². The van der Waals surface area contributed by atoms with Gasteiger partial charge in [0, 0.05) is 43.9 Å². The highest BCUT2D eigenvalue weighted by Gasteiger charge is 2.16. The summed E-state index contributed by atoms with van der Waals surface area (Å²) in [4.78, 5) is 24.0. The zero-order valence-electron chi connectivity index (χ0n) is 12.0. The minimum Gasteiger partial charge on any atom is -0.384 e. The summed E-state index contributed by atoms with van der Waals surface area (Å²) in [5, 5.41) is 13.8. The van der Waals surface area contributed by atoms with Gasteiger partial charge in [-0.25, -0.2) is 0 Å². The molecule has 0 aromatic heterocycles. The van der Waals surface area contributed by atoms with Crippen LogP contribution in [0.15, 0.2) is 18.2 Å². The maximum atomic E-state index is 12.0. The van der Waals surface area contributed by atoms with Crippen molar-refractivity contribution in [1.82, 2.24) is 4.90 Å². The number of carbonyl (C=O) groups is 1. The minimum atomic E-state index is -0.418. The number of hydrogen-bond acceptors (Lipinski definition) is 5. The van der Waals surface area contributed by atoms with Crippen molar-refractivity contribution >= 4 is 17.3 Å². The first kappa shape index (κ1) is 15.2. The van der Waals surface area contributed by atoms with Crippen LogP contribution in [0.2, 0.25) is 0 Å². The van der Waals surface area contributed by atoms with E-state index in [0.717, 1.165) is 11.3 Å². The SMILES string of the molecule is Cc1cc([N+](=O)[O-])ccc1NCCC(=O)N1CCOCC1. The zero-order valence-corrected chi connectivity index (χ0v) is 12.0. The summed E-state index contributed by atoms with van der Waals surface area (Å²) >= 11 is 0. The van der Waals surface area contributed by atoms with Gasteiger partial charge in [-0.15, -0.1) is 0 Å². The first-order valence-corrected chi connectivity index (χ1v) is 6.92. The molecular weight excluding hydrogens is 274 g/mol. The molecule has 0 atom stereocenters. The average Bonchev–Trinajstić information content (AvgIpc) is 2.49. The molecule has 1 saturated heterocycles. The number of hydrogen-bond donors (Lipinski definition) is 1. The number of nitro groups is 1. The number of nitrogens with one attached hydrogen (secondary N) is 1. The van der Waals surface area contributed by atoms with Crippen molar-refractivity contribution in [3.63, 3.8) is 0 Å². The molecule has 0 unspecified atom stereocenters. The molecule has 1 aliphatic heterocycles. The van der Waals surface area contributed by atoms with Crippen LogP contribution >= 0.6 is 0 Å². The van der Waals surface area contributed by atoms with Crippen LogP contribution in [-0.4, -0.2) is 48.6 Å². The number of anilines is 1. The molecule has 1 aliphatic rings. The molecule has 0 saturated carbocycles. The number of amides is 1. The molecule has 1 amide bonds. The molecule has 1 N–H and O–H groups in total. The van der Waals surface area contributed by atoms with Crippen molar-refractivity contribution in [1.29, 1.82) is 0 Å². The Morgan fingerprint density at radius 1 is 1.43 bits per heavy atom. The monoisotopic (exact) mass is 293 g/mol. The first-order valence-electron chi connectivity index (χ1n) is 6.92. The number of morpholine rings is 1. The molecule has 0 bridgehead atoms. The first-order chi connectivity index (χ1) is 10.1. The Morgan fingerprint density at radius 2 is 2.14 bits per heavy atom. The smallest absolute Gasteiger partial charge is 0.269 e. The van der Waals surface area contributed by atoms with Gasteiger partial charge in [0.05, 0.1) is 18.1 Å². The van der Waals surface area contributed by atoms with E-state index < -0.39 is 4.92 Å². The van der Waals surface area contributed by atoms with E-state index >= 15 is 0 Å². The molecule has 1 aromatic rings. The number of benzene rings is 1. The summed E-state index contributed by atoms with van der Waals surface area (Å²) < 4.78 is 5.21. The molecular formula is C14H19N3O4. The lowest BCUT2D eigenvalue weighted by molar-refractivity contribution is -0.384. The Bertz CT molecular complexity index is 527. The lowest BCUT2D eigenvalue weighted by atomic mass is 10.1. The van der Waals surface area contributed by atoms with E-state index in [1.165, 1.54) is 12.1 Å². The van der Waals surface area contributed by atoms with E-state index in [0.29, 0.717) is 39.3 Å². The molecule has 2 rings (SSSR count). The molecule has 114 valence electrons. The number of nitrogens with zero attached hydrogens (tertiary/aromatic N) is 2. The van der Waals surface area contributed by atoms with Gasteiger partial charge >= 0.3 is 0 Å². The molecule has 1 aromatic carbocycles. The number of ether oxygens (including phenoxy) is 1. The standard InChI is InChI=1S/C14H19N3O4/c1-11-10-12(17(19)20)2-3-13(11)15-5-4-14(18)16-6-8-21-9-7-16/h2-3,10,15H,4-9H2,1H3. The van der Waals surface area contributed by atoms with Gasteiger partial charge in [-0.2, -0.15) is 0 Å². The topological polar surface area (TPSA) is 84.7 Å². The molecule has 1 fully saturated rings. The Morgan fingerprint density at radius 3 is 2.76 bits per heavy atom. The summed E-state index contributed by atoms with van der Waals surface area (Å²) in [5.74, 6) is 0.102. The molecule has 21 heavy (non-hydrogen) atoms. The van der Waals surface area contributed by atoms with E-state index in [2.05, 4.69) is 5.32 Å². The van der Waals surface area contributed by atoms with Gasteiger partial charge in [0.2, 0.25) is 5.91 Å². The largest absolute Gasteiger partial charge is 0.384 e. The number of non-ortho nitro benzene ring substituents is 1. The van der Waals surface area contributed by atoms with Crippen molar-refractivity contribution in [2.75, 3.05) is 38.2 Å². The molecule has 7 heteroatoms. The van der Waals surface area contributed by atoms with Crippen molar-refractivity contribution in [3.8, 4) is 0 Å². The third kappa shape index (κ3) is 4.16. The van der Waals surface area contributed by atoms with Gasteiger partial charge in [-0.05, 0) is 18.6 Å². The Kier molecular flexibility index (Phi) is 5.10. The molecule has 1 heterocycles. The van der Waals surface area contributed by atoms with Gasteiger partial charge in [0.1, 0.15) is 0 Å². The van der Waals surface area contributed by atoms with Gasteiger partial charge in [0.25, 0.3) is 5.69 Å². The van der Waals surface area contributed by atoms with E-state index in [1.807, 2.05) is 0 Å². The summed E-state index contributed by atoms with van der Waals surface area (Å²) in [6.07, 6.45) is 0.399. The van der Waals surface area contributed by atoms with Crippen LogP contribution in [0.5, 0.6) is 0 Å². The molecule has 0 spiro atoms. The van der Waals surface area contributed by atoms with Crippen molar-refractivity contribution in [2.24, 2.45) is 0 Å². The van der Waals surface area contributed by atoms with E-state index in [1.54, 1.807) is 17.9 Å². The number of rotatable bonds is 5. The second-order valence-corrected chi connectivity index (χ2v) is 4.93. The maximum absolute atomic E-state index is 12.0. The van der Waals surface area contributed by atoms with Crippen LogP contribution in [-0.2, 0) is 9.53 Å². The number of nitro benzene ring substituents is 1. The van der Waals surface area contributed by atoms with E-state index in [9.17, 15) is 14.9 Å². The second kappa shape index (κ2) is 7.03. The van der Waals surface area contributed by atoms with Crippen LogP contribution in [0, 0.1) is 17.0 Å². The van der Waals surface area contributed by atoms with Gasteiger partial charge < -0.3 is 15.0 Å². The fourth-order valence-corrected chi connectivity index (χ4v) is 2.23. The van der Waals surface area contributed by atoms with Crippen LogP contribution in [0.4, 0.5) is 11.4 Å². The average molecular weight is 293 g/mol. The summed E-state index contributed by atoms with van der Waals surface area (Å²) in [5.41, 5.74) is 1.68. The highest BCUT2D eigenvalue weighted by Crippen LogP contribution is 2.21. The summed E-state index contributed by atoms with van der Waals surface area (Å²) in [6, 6.07) is 4.65. The van der Waals surface area contributed by atoms with Crippen LogP contribution in [0.1, 0.15) is 12.0 Å². The second-order valence-electron chi connectivity index (χ2n) is 4.93. The molecule has 0 radical (unpaired) electrons. The number of aryl methyl sites for hydroxylation is 1. The zero-order chi connectivity index (χ0) is 15.2. The molecule has 7 nitrogen and oxygen atoms in total. The van der Waals surface area contributed by atoms with Crippen molar-refractivity contribution in [3.05, 3.63) is 33.9 Å². The highest BCUT2D eigenvalue weighted by molar-refractivity contribution is 5.76. The van der Waals surface area contributed by atoms with Crippen molar-refractivity contribution in [2.45, 2.75) is 13.3 Å². The molecule has 0 aliphatic carbocycles. The van der Waals surface area contributed by atoms with Gasteiger partial charge in [-0.3, -0.25) is 14.9 Å². The Hall–Kier alpha value is -2.15. The summed E-state index contributed by atoms with van der Waals surface area (Å²) in [7, 11) is 0. The van der Waals surface area contributed by atoms with Crippen LogP contribution < -0.4 is 5.32 Å². The fraction of sp³-hybridized carbons (Fsp3) is 0.500. The minimum absolute atomic E-state index is 0.0717. The van der Waals surface area contributed by atoms with Gasteiger partial charge in [-0.1, -0.05) is 0 Å². The lowest BCUT2D eigenvalue weighted by Crippen LogP contribution is -2.41. The fourth-order valence-electron chi connectivity index (χ4n) is 2.23. The predicted molar refractivity (Wildman–Crippen MR) is 78.3 cm³/mol. The maximum Gasteiger partial charge on any atom is 0.269 e. The number of carbonyl (C=O) groups excluding carboxylic acids is 1. The van der Waals surface area contributed by atoms with E-state index in [4.69, 9.17) is 4.74 Å². The van der Waals surface area contributed by atoms with Gasteiger partial charge in [0.15, 0.2) is 0 Å². The third-order valence-electron chi connectivity index (χ3n) is 3.44. The quantitative estimate of drug-likeness (QED) is 0.658. The third-order valence-corrected chi connectivity index (χ3v) is 3.44. The lowest BCUT2D eigenvalue weighted by Gasteiger charge is -2.27. The Balaban J connectivity index is 1.83. The van der Waals surface area contributed by atoms with E-state index in [-0.39, 0.29) is 11.6 Å². The summed E-state index contributed by atoms with van der Waals surface area (Å²) in [6.45, 7) is 4.81. The van der Waals surface area contributed by atoms with Crippen LogP contribution in [0.25, 0.3) is 0 Å². The highest BCUT2D eigenvalue weighted by atomic mass is 16.6. The Labute approximate surface area is 123 Å². The predicted octanol–water partition coefficient (Wildman–Crippen LogP) is 1.56. The van der Waals surface area contributed by atoms with Crippen molar-refractivity contribution < 1.29 is 14.5 Å².